The summed E-state index contributed by atoms with van der Waals surface area (Å²) < 4.78 is 10.7. The smallest absolute Gasteiger partial charge is 0.407 e. The zero-order valence-electron chi connectivity index (χ0n) is 13.4. The molecule has 3 rings (SSSR count). The Bertz CT molecular complexity index is 885. The lowest BCUT2D eigenvalue weighted by molar-refractivity contribution is 0.0696. The van der Waals surface area contributed by atoms with E-state index in [0.717, 1.165) is 10.9 Å². The molecule has 1 heterocycles. The lowest BCUT2D eigenvalue weighted by Gasteiger charge is -2.06. The Balaban J connectivity index is 1.49. The fourth-order valence-corrected chi connectivity index (χ4v) is 2.40. The van der Waals surface area contributed by atoms with Gasteiger partial charge in [-0.05, 0) is 23.8 Å². The Hall–Kier alpha value is -3.28. The van der Waals surface area contributed by atoms with Crippen molar-refractivity contribution < 1.29 is 23.8 Å². The molecule has 6 nitrogen and oxygen atoms in total. The van der Waals surface area contributed by atoms with Crippen LogP contribution in [0.4, 0.5) is 4.79 Å². The van der Waals surface area contributed by atoms with Gasteiger partial charge in [0.15, 0.2) is 0 Å². The summed E-state index contributed by atoms with van der Waals surface area (Å²) in [5.41, 5.74) is 1.61. The monoisotopic (exact) mass is 339 g/mol. The number of carbonyl (C=O) groups excluding carboxylic acids is 1. The van der Waals surface area contributed by atoms with Crippen LogP contribution in [0.1, 0.15) is 21.7 Å². The van der Waals surface area contributed by atoms with Crippen molar-refractivity contribution in [2.75, 3.05) is 6.54 Å². The minimum Gasteiger partial charge on any atom is -0.478 e. The standard InChI is InChI=1S/C19H17NO5/c21-18(22)15-7-6-14-10-16(25-17(14)11-15)8-9-20-19(23)24-12-13-4-2-1-3-5-13/h1-7,10-11H,8-9,12H2,(H,20,23)(H,21,22). The molecule has 6 heteroatoms. The first kappa shape index (κ1) is 16.6. The molecule has 0 bridgehead atoms. The fourth-order valence-electron chi connectivity index (χ4n) is 2.40. The summed E-state index contributed by atoms with van der Waals surface area (Å²) in [6.45, 7) is 0.578. The fraction of sp³-hybridized carbons (Fsp3) is 0.158. The Morgan fingerprint density at radius 1 is 1.08 bits per heavy atom. The average molecular weight is 339 g/mol. The largest absolute Gasteiger partial charge is 0.478 e. The minimum absolute atomic E-state index is 0.177. The molecule has 0 fully saturated rings. The summed E-state index contributed by atoms with van der Waals surface area (Å²) in [4.78, 5) is 22.6. The van der Waals surface area contributed by atoms with Crippen LogP contribution < -0.4 is 5.32 Å². The highest BCUT2D eigenvalue weighted by atomic mass is 16.5. The molecule has 25 heavy (non-hydrogen) atoms. The molecular weight excluding hydrogens is 322 g/mol. The molecule has 3 aromatic rings. The Morgan fingerprint density at radius 2 is 1.88 bits per heavy atom. The van der Waals surface area contributed by atoms with E-state index in [4.69, 9.17) is 14.3 Å². The molecule has 0 atom stereocenters. The molecule has 128 valence electrons. The zero-order chi connectivity index (χ0) is 17.6. The maximum Gasteiger partial charge on any atom is 0.407 e. The van der Waals surface area contributed by atoms with Gasteiger partial charge in [-0.1, -0.05) is 36.4 Å². The Morgan fingerprint density at radius 3 is 2.64 bits per heavy atom. The lowest BCUT2D eigenvalue weighted by Crippen LogP contribution is -2.26. The third-order valence-corrected chi connectivity index (χ3v) is 3.67. The highest BCUT2D eigenvalue weighted by Crippen LogP contribution is 2.21. The van der Waals surface area contributed by atoms with Crippen molar-refractivity contribution in [1.29, 1.82) is 0 Å². The molecule has 1 aromatic heterocycles. The highest BCUT2D eigenvalue weighted by molar-refractivity contribution is 5.92. The van der Waals surface area contributed by atoms with Gasteiger partial charge in [0.25, 0.3) is 0 Å². The van der Waals surface area contributed by atoms with Crippen LogP contribution in [-0.4, -0.2) is 23.7 Å². The van der Waals surface area contributed by atoms with Crippen molar-refractivity contribution in [3.63, 3.8) is 0 Å². The highest BCUT2D eigenvalue weighted by Gasteiger charge is 2.09. The number of alkyl carbamates (subject to hydrolysis) is 1. The molecule has 2 aromatic carbocycles. The average Bonchev–Trinajstić information content (AvgIpc) is 3.02. The molecule has 0 spiro atoms. The van der Waals surface area contributed by atoms with Gasteiger partial charge in [0, 0.05) is 18.4 Å². The summed E-state index contributed by atoms with van der Waals surface area (Å²) in [5.74, 6) is -0.330. The summed E-state index contributed by atoms with van der Waals surface area (Å²) >= 11 is 0. The van der Waals surface area contributed by atoms with Crippen LogP contribution in [0.2, 0.25) is 0 Å². The van der Waals surface area contributed by atoms with Gasteiger partial charge in [-0.3, -0.25) is 0 Å². The second-order valence-electron chi connectivity index (χ2n) is 5.51. The van der Waals surface area contributed by atoms with Gasteiger partial charge in [-0.2, -0.15) is 0 Å². The summed E-state index contributed by atoms with van der Waals surface area (Å²) in [6, 6.07) is 16.0. The van der Waals surface area contributed by atoms with Gasteiger partial charge in [0.05, 0.1) is 5.56 Å². The number of carbonyl (C=O) groups is 2. The Kier molecular flexibility index (Phi) is 4.99. The van der Waals surface area contributed by atoms with Crippen LogP contribution >= 0.6 is 0 Å². The van der Waals surface area contributed by atoms with E-state index < -0.39 is 12.1 Å². The number of nitrogens with one attached hydrogen (secondary N) is 1. The van der Waals surface area contributed by atoms with E-state index >= 15 is 0 Å². The van der Waals surface area contributed by atoms with Gasteiger partial charge in [-0.25, -0.2) is 9.59 Å². The second-order valence-corrected chi connectivity index (χ2v) is 5.51. The van der Waals surface area contributed by atoms with Crippen LogP contribution in [0.3, 0.4) is 0 Å². The SMILES string of the molecule is O=C(NCCc1cc2ccc(C(=O)O)cc2o1)OCc1ccccc1. The van der Waals surface area contributed by atoms with E-state index in [0.29, 0.717) is 24.3 Å². The van der Waals surface area contributed by atoms with Crippen molar-refractivity contribution in [2.24, 2.45) is 0 Å². The number of hydrogen-bond acceptors (Lipinski definition) is 4. The van der Waals surface area contributed by atoms with Crippen molar-refractivity contribution in [3.8, 4) is 0 Å². The molecule has 0 radical (unpaired) electrons. The molecule has 0 aliphatic heterocycles. The van der Waals surface area contributed by atoms with Crippen LogP contribution in [-0.2, 0) is 17.8 Å². The predicted molar refractivity (Wildman–Crippen MR) is 91.5 cm³/mol. The van der Waals surface area contributed by atoms with Crippen molar-refractivity contribution in [2.45, 2.75) is 13.0 Å². The number of benzene rings is 2. The number of aromatic carboxylic acids is 1. The maximum absolute atomic E-state index is 11.7. The molecule has 0 unspecified atom stereocenters. The molecule has 0 aliphatic rings. The zero-order valence-corrected chi connectivity index (χ0v) is 13.4. The molecule has 1 amide bonds. The third-order valence-electron chi connectivity index (χ3n) is 3.67. The summed E-state index contributed by atoms with van der Waals surface area (Å²) in [7, 11) is 0. The van der Waals surface area contributed by atoms with E-state index in [1.807, 2.05) is 36.4 Å². The maximum atomic E-state index is 11.7. The van der Waals surface area contributed by atoms with Gasteiger partial charge < -0.3 is 19.6 Å². The second kappa shape index (κ2) is 7.53. The van der Waals surface area contributed by atoms with Gasteiger partial charge in [0.1, 0.15) is 18.0 Å². The van der Waals surface area contributed by atoms with Crippen molar-refractivity contribution in [1.82, 2.24) is 5.32 Å². The quantitative estimate of drug-likeness (QED) is 0.716. The van der Waals surface area contributed by atoms with E-state index in [-0.39, 0.29) is 12.2 Å². The van der Waals surface area contributed by atoms with Gasteiger partial charge in [-0.15, -0.1) is 0 Å². The number of carboxylic acid groups (broad SMARTS) is 1. The van der Waals surface area contributed by atoms with Crippen molar-refractivity contribution >= 4 is 23.0 Å². The van der Waals surface area contributed by atoms with E-state index in [2.05, 4.69) is 5.32 Å². The first-order valence-electron chi connectivity index (χ1n) is 7.82. The van der Waals surface area contributed by atoms with Crippen molar-refractivity contribution in [3.05, 3.63) is 71.5 Å². The van der Waals surface area contributed by atoms with Crippen LogP contribution in [0.25, 0.3) is 11.0 Å². The summed E-state index contributed by atoms with van der Waals surface area (Å²) in [5, 5.41) is 12.5. The number of rotatable bonds is 6. The normalized spacial score (nSPS) is 10.6. The topological polar surface area (TPSA) is 88.8 Å². The number of amides is 1. The van der Waals surface area contributed by atoms with Crippen LogP contribution in [0.5, 0.6) is 0 Å². The van der Waals surface area contributed by atoms with E-state index in [1.165, 1.54) is 12.1 Å². The molecule has 0 saturated heterocycles. The Labute approximate surface area is 144 Å². The first-order chi connectivity index (χ1) is 12.1. The number of carboxylic acids is 1. The molecule has 0 aliphatic carbocycles. The molecule has 2 N–H and O–H groups in total. The number of ether oxygens (including phenoxy) is 1. The van der Waals surface area contributed by atoms with Gasteiger partial charge in [0.2, 0.25) is 0 Å². The molecular formula is C19H17NO5. The van der Waals surface area contributed by atoms with E-state index in [9.17, 15) is 9.59 Å². The number of hydrogen-bond donors (Lipinski definition) is 2. The predicted octanol–water partition coefficient (Wildman–Crippen LogP) is 3.60. The number of furan rings is 1. The van der Waals surface area contributed by atoms with E-state index in [1.54, 1.807) is 6.07 Å². The first-order valence-corrected chi connectivity index (χ1v) is 7.82. The molecule has 0 saturated carbocycles. The van der Waals surface area contributed by atoms with Crippen LogP contribution in [0, 0.1) is 0 Å². The third kappa shape index (κ3) is 4.38. The summed E-state index contributed by atoms with van der Waals surface area (Å²) in [6.07, 6.45) is -0.00882. The lowest BCUT2D eigenvalue weighted by atomic mass is 10.1. The van der Waals surface area contributed by atoms with Crippen LogP contribution in [0.15, 0.2) is 59.0 Å². The minimum atomic E-state index is -0.998. The van der Waals surface area contributed by atoms with Gasteiger partial charge >= 0.3 is 12.1 Å². The number of fused-ring (bicyclic) bond motifs is 1.